The van der Waals surface area contributed by atoms with E-state index in [1.54, 1.807) is 14.0 Å². The second kappa shape index (κ2) is 11.2. The van der Waals surface area contributed by atoms with Crippen molar-refractivity contribution in [2.75, 3.05) is 24.7 Å². The van der Waals surface area contributed by atoms with E-state index in [0.717, 1.165) is 17.3 Å². The number of anilines is 1. The summed E-state index contributed by atoms with van der Waals surface area (Å²) in [5.41, 5.74) is 1.45. The maximum Gasteiger partial charge on any atom is 0.319 e. The Kier molecular flexibility index (Phi) is 8.67. The SMILES string of the molecule is CC(SCC(=O)Nc1ccc(F)cc1)C(=O)OCC(=O)N(C)Cc1ccccc1. The third-order valence-electron chi connectivity index (χ3n) is 3.95. The van der Waals surface area contributed by atoms with Gasteiger partial charge in [0, 0.05) is 19.3 Å². The summed E-state index contributed by atoms with van der Waals surface area (Å²) in [6.07, 6.45) is 0. The minimum Gasteiger partial charge on any atom is -0.455 e. The van der Waals surface area contributed by atoms with Crippen molar-refractivity contribution in [1.82, 2.24) is 4.90 Å². The number of hydrogen-bond acceptors (Lipinski definition) is 5. The highest BCUT2D eigenvalue weighted by molar-refractivity contribution is 8.01. The molecule has 1 unspecified atom stereocenters. The van der Waals surface area contributed by atoms with Crippen molar-refractivity contribution in [3.8, 4) is 0 Å². The van der Waals surface area contributed by atoms with Crippen LogP contribution in [0, 0.1) is 5.82 Å². The highest BCUT2D eigenvalue weighted by atomic mass is 32.2. The van der Waals surface area contributed by atoms with Crippen molar-refractivity contribution in [3.05, 3.63) is 66.0 Å². The van der Waals surface area contributed by atoms with Gasteiger partial charge in [-0.3, -0.25) is 14.4 Å². The van der Waals surface area contributed by atoms with Gasteiger partial charge in [0.2, 0.25) is 5.91 Å². The maximum atomic E-state index is 12.9. The highest BCUT2D eigenvalue weighted by Crippen LogP contribution is 2.14. The monoisotopic (exact) mass is 418 g/mol. The summed E-state index contributed by atoms with van der Waals surface area (Å²) in [4.78, 5) is 37.6. The van der Waals surface area contributed by atoms with Crippen molar-refractivity contribution in [1.29, 1.82) is 0 Å². The molecule has 0 saturated carbocycles. The summed E-state index contributed by atoms with van der Waals surface area (Å²) in [5.74, 6) is -1.56. The van der Waals surface area contributed by atoms with Crippen LogP contribution in [0.4, 0.5) is 10.1 Å². The van der Waals surface area contributed by atoms with Crippen molar-refractivity contribution in [2.45, 2.75) is 18.7 Å². The molecule has 0 radical (unpaired) electrons. The first-order chi connectivity index (χ1) is 13.8. The molecule has 2 rings (SSSR count). The molecular weight excluding hydrogens is 395 g/mol. The van der Waals surface area contributed by atoms with Crippen LogP contribution in [-0.2, 0) is 25.7 Å². The van der Waals surface area contributed by atoms with Crippen LogP contribution in [-0.4, -0.2) is 47.3 Å². The van der Waals surface area contributed by atoms with E-state index in [-0.39, 0.29) is 24.2 Å². The maximum absolute atomic E-state index is 12.9. The molecular formula is C21H23FN2O4S. The molecule has 29 heavy (non-hydrogen) atoms. The van der Waals surface area contributed by atoms with Crippen LogP contribution in [0.2, 0.25) is 0 Å². The number of nitrogens with one attached hydrogen (secondary N) is 1. The summed E-state index contributed by atoms with van der Waals surface area (Å²) >= 11 is 1.09. The van der Waals surface area contributed by atoms with Crippen LogP contribution in [0.1, 0.15) is 12.5 Å². The zero-order valence-corrected chi connectivity index (χ0v) is 17.1. The smallest absolute Gasteiger partial charge is 0.319 e. The van der Waals surface area contributed by atoms with Gasteiger partial charge in [-0.15, -0.1) is 11.8 Å². The number of halogens is 1. The number of benzene rings is 2. The second-order valence-corrected chi connectivity index (χ2v) is 7.68. The molecule has 2 aromatic carbocycles. The van der Waals surface area contributed by atoms with Crippen molar-refractivity contribution in [2.24, 2.45) is 0 Å². The number of thioether (sulfide) groups is 1. The van der Waals surface area contributed by atoms with E-state index in [1.165, 1.54) is 29.2 Å². The lowest BCUT2D eigenvalue weighted by Crippen LogP contribution is -2.32. The van der Waals surface area contributed by atoms with E-state index in [9.17, 15) is 18.8 Å². The summed E-state index contributed by atoms with van der Waals surface area (Å²) in [5, 5.41) is 2.00. The predicted molar refractivity (Wildman–Crippen MR) is 111 cm³/mol. The minimum atomic E-state index is -0.610. The number of ether oxygens (including phenoxy) is 1. The van der Waals surface area contributed by atoms with Gasteiger partial charge >= 0.3 is 5.97 Å². The molecule has 0 fully saturated rings. The van der Waals surface area contributed by atoms with Crippen LogP contribution < -0.4 is 5.32 Å². The standard InChI is InChI=1S/C21H23FN2O4S/c1-15(29-14-19(25)23-18-10-8-17(22)9-11-18)21(27)28-13-20(26)24(2)12-16-6-4-3-5-7-16/h3-11,15H,12-14H2,1-2H3,(H,23,25). The Bertz CT molecular complexity index is 830. The Balaban J connectivity index is 1.69. The first-order valence-corrected chi connectivity index (χ1v) is 10.0. The summed E-state index contributed by atoms with van der Waals surface area (Å²) in [6.45, 7) is 1.68. The number of carbonyl (C=O) groups is 3. The highest BCUT2D eigenvalue weighted by Gasteiger charge is 2.19. The lowest BCUT2D eigenvalue weighted by molar-refractivity contribution is -0.151. The quantitative estimate of drug-likeness (QED) is 0.634. The van der Waals surface area contributed by atoms with E-state index in [1.807, 2.05) is 30.3 Å². The molecule has 2 amide bonds. The molecule has 8 heteroatoms. The average molecular weight is 418 g/mol. The lowest BCUT2D eigenvalue weighted by atomic mass is 10.2. The van der Waals surface area contributed by atoms with E-state index >= 15 is 0 Å². The number of likely N-dealkylation sites (N-methyl/N-ethyl adjacent to an activating group) is 1. The Morgan fingerprint density at radius 1 is 1.10 bits per heavy atom. The zero-order chi connectivity index (χ0) is 21.2. The van der Waals surface area contributed by atoms with Crippen LogP contribution >= 0.6 is 11.8 Å². The number of amides is 2. The molecule has 0 aliphatic carbocycles. The summed E-state index contributed by atoms with van der Waals surface area (Å²) in [6, 6.07) is 14.9. The third-order valence-corrected chi connectivity index (χ3v) is 5.07. The van der Waals surface area contributed by atoms with Gasteiger partial charge in [0.15, 0.2) is 6.61 Å². The van der Waals surface area contributed by atoms with Gasteiger partial charge in [0.05, 0.1) is 5.75 Å². The largest absolute Gasteiger partial charge is 0.455 e. The molecule has 154 valence electrons. The number of hydrogen-bond donors (Lipinski definition) is 1. The second-order valence-electron chi connectivity index (χ2n) is 6.35. The topological polar surface area (TPSA) is 75.7 Å². The van der Waals surface area contributed by atoms with Crippen LogP contribution in [0.15, 0.2) is 54.6 Å². The van der Waals surface area contributed by atoms with Crippen LogP contribution in [0.25, 0.3) is 0 Å². The summed E-state index contributed by atoms with van der Waals surface area (Å²) in [7, 11) is 1.64. The van der Waals surface area contributed by atoms with Crippen molar-refractivity contribution >= 4 is 35.2 Å². The van der Waals surface area contributed by atoms with Gasteiger partial charge in [-0.2, -0.15) is 0 Å². The van der Waals surface area contributed by atoms with Gasteiger partial charge in [-0.05, 0) is 36.8 Å². The molecule has 0 aliphatic heterocycles. The zero-order valence-electron chi connectivity index (χ0n) is 16.3. The van der Waals surface area contributed by atoms with Gasteiger partial charge in [-0.25, -0.2) is 4.39 Å². The van der Waals surface area contributed by atoms with Crippen LogP contribution in [0.3, 0.4) is 0 Å². The van der Waals surface area contributed by atoms with E-state index in [2.05, 4.69) is 5.32 Å². The molecule has 0 bridgehead atoms. The molecule has 0 saturated heterocycles. The molecule has 1 atom stereocenters. The number of carbonyl (C=O) groups excluding carboxylic acids is 3. The Morgan fingerprint density at radius 2 is 1.76 bits per heavy atom. The molecule has 0 aromatic heterocycles. The minimum absolute atomic E-state index is 0.0233. The molecule has 0 heterocycles. The van der Waals surface area contributed by atoms with E-state index < -0.39 is 17.0 Å². The third kappa shape index (κ3) is 7.95. The first kappa shape index (κ1) is 22.4. The predicted octanol–water partition coefficient (Wildman–Crippen LogP) is 3.09. The normalized spacial score (nSPS) is 11.4. The summed E-state index contributed by atoms with van der Waals surface area (Å²) < 4.78 is 17.9. The molecule has 0 spiro atoms. The Morgan fingerprint density at radius 3 is 2.41 bits per heavy atom. The molecule has 1 N–H and O–H groups in total. The fraction of sp³-hybridized carbons (Fsp3) is 0.286. The van der Waals surface area contributed by atoms with E-state index in [4.69, 9.17) is 4.74 Å². The molecule has 2 aromatic rings. The number of nitrogens with zero attached hydrogens (tertiary/aromatic N) is 1. The van der Waals surface area contributed by atoms with E-state index in [0.29, 0.717) is 12.2 Å². The van der Waals surface area contributed by atoms with Crippen LogP contribution in [0.5, 0.6) is 0 Å². The lowest BCUT2D eigenvalue weighted by Gasteiger charge is -2.18. The average Bonchev–Trinajstić information content (AvgIpc) is 2.72. The van der Waals surface area contributed by atoms with Gasteiger partial charge in [-0.1, -0.05) is 30.3 Å². The molecule has 6 nitrogen and oxygen atoms in total. The van der Waals surface area contributed by atoms with Gasteiger partial charge in [0.1, 0.15) is 11.1 Å². The first-order valence-electron chi connectivity index (χ1n) is 8.96. The fourth-order valence-corrected chi connectivity index (χ4v) is 2.98. The Hall–Kier alpha value is -2.87. The number of esters is 1. The van der Waals surface area contributed by atoms with Gasteiger partial charge < -0.3 is 15.0 Å². The van der Waals surface area contributed by atoms with Crippen molar-refractivity contribution < 1.29 is 23.5 Å². The van der Waals surface area contributed by atoms with Crippen molar-refractivity contribution in [3.63, 3.8) is 0 Å². The molecule has 0 aliphatic rings. The van der Waals surface area contributed by atoms with Gasteiger partial charge in [0.25, 0.3) is 5.91 Å². The fourth-order valence-electron chi connectivity index (χ4n) is 2.30. The number of rotatable bonds is 9. The Labute approximate surface area is 173 Å².